The predicted molar refractivity (Wildman–Crippen MR) is 203 cm³/mol. The fraction of sp³-hybridized carbons (Fsp3) is 0.829. The van der Waals surface area contributed by atoms with Crippen LogP contribution in [-0.4, -0.2) is 87.5 Å². The van der Waals surface area contributed by atoms with Gasteiger partial charge in [0.1, 0.15) is 24.4 Å². The van der Waals surface area contributed by atoms with E-state index in [1.54, 1.807) is 6.08 Å². The van der Waals surface area contributed by atoms with Crippen molar-refractivity contribution >= 4 is 5.91 Å². The van der Waals surface area contributed by atoms with Crippen molar-refractivity contribution in [1.29, 1.82) is 0 Å². The van der Waals surface area contributed by atoms with Crippen molar-refractivity contribution in [3.8, 4) is 0 Å². The summed E-state index contributed by atoms with van der Waals surface area (Å²) in [6.07, 6.45) is 31.2. The molecule has 7 atom stereocenters. The summed E-state index contributed by atoms with van der Waals surface area (Å²) in [7, 11) is 0. The average molecular weight is 710 g/mol. The molecule has 1 heterocycles. The van der Waals surface area contributed by atoms with Gasteiger partial charge in [-0.2, -0.15) is 0 Å². The van der Waals surface area contributed by atoms with E-state index in [1.165, 1.54) is 96.3 Å². The zero-order chi connectivity index (χ0) is 36.7. The number of allylic oxidation sites excluding steroid dienone is 5. The number of ether oxygens (including phenoxy) is 2. The molecule has 292 valence electrons. The van der Waals surface area contributed by atoms with E-state index in [1.807, 2.05) is 6.08 Å². The molecule has 6 N–H and O–H groups in total. The zero-order valence-corrected chi connectivity index (χ0v) is 31.6. The van der Waals surface area contributed by atoms with Crippen LogP contribution >= 0.6 is 0 Å². The molecule has 0 spiro atoms. The van der Waals surface area contributed by atoms with E-state index in [0.717, 1.165) is 44.9 Å². The zero-order valence-electron chi connectivity index (χ0n) is 31.6. The molecule has 1 aliphatic heterocycles. The highest BCUT2D eigenvalue weighted by molar-refractivity contribution is 5.76. The lowest BCUT2D eigenvalue weighted by molar-refractivity contribution is -0.302. The van der Waals surface area contributed by atoms with Crippen molar-refractivity contribution in [1.82, 2.24) is 5.32 Å². The number of carbonyl (C=O) groups excluding carboxylic acids is 1. The van der Waals surface area contributed by atoms with Crippen molar-refractivity contribution in [3.05, 3.63) is 36.5 Å². The first-order valence-electron chi connectivity index (χ1n) is 20.2. The van der Waals surface area contributed by atoms with Crippen molar-refractivity contribution in [2.75, 3.05) is 13.2 Å². The Balaban J connectivity index is 2.17. The summed E-state index contributed by atoms with van der Waals surface area (Å²) in [6, 6.07) is -0.800. The van der Waals surface area contributed by atoms with Crippen LogP contribution in [0.1, 0.15) is 162 Å². The maximum Gasteiger partial charge on any atom is 0.220 e. The largest absolute Gasteiger partial charge is 0.394 e. The van der Waals surface area contributed by atoms with Gasteiger partial charge < -0.3 is 40.3 Å². The molecule has 7 unspecified atom stereocenters. The second-order valence-corrected chi connectivity index (χ2v) is 14.1. The Morgan fingerprint density at radius 2 is 1.20 bits per heavy atom. The van der Waals surface area contributed by atoms with E-state index in [4.69, 9.17) is 9.47 Å². The van der Waals surface area contributed by atoms with Crippen LogP contribution in [0.25, 0.3) is 0 Å². The minimum absolute atomic E-state index is 0.191. The summed E-state index contributed by atoms with van der Waals surface area (Å²) in [5.41, 5.74) is 0. The summed E-state index contributed by atoms with van der Waals surface area (Å²) in [6.45, 7) is 3.59. The molecule has 1 aliphatic rings. The first-order chi connectivity index (χ1) is 24.3. The minimum atomic E-state index is -1.56. The molecule has 0 radical (unpaired) electrons. The number of carbonyl (C=O) groups is 1. The quantitative estimate of drug-likeness (QED) is 0.0314. The number of rotatable bonds is 32. The lowest BCUT2D eigenvalue weighted by Crippen LogP contribution is -2.60. The average Bonchev–Trinajstić information content (AvgIpc) is 3.11. The molecule has 9 nitrogen and oxygen atoms in total. The number of hydrogen-bond acceptors (Lipinski definition) is 8. The molecule has 1 rings (SSSR count). The van der Waals surface area contributed by atoms with Crippen LogP contribution in [0.15, 0.2) is 36.5 Å². The highest BCUT2D eigenvalue weighted by atomic mass is 16.7. The highest BCUT2D eigenvalue weighted by Gasteiger charge is 2.44. The molecule has 0 saturated carbocycles. The van der Waals surface area contributed by atoms with Crippen LogP contribution in [0.5, 0.6) is 0 Å². The lowest BCUT2D eigenvalue weighted by Gasteiger charge is -2.40. The number of hydrogen-bond donors (Lipinski definition) is 6. The maximum atomic E-state index is 12.8. The van der Waals surface area contributed by atoms with E-state index in [2.05, 4.69) is 43.5 Å². The third kappa shape index (κ3) is 23.1. The molecular formula is C41H75NO8. The molecule has 1 amide bonds. The van der Waals surface area contributed by atoms with Gasteiger partial charge in [0, 0.05) is 6.42 Å². The second-order valence-electron chi connectivity index (χ2n) is 14.1. The summed E-state index contributed by atoms with van der Waals surface area (Å²) >= 11 is 0. The first-order valence-corrected chi connectivity index (χ1v) is 20.2. The van der Waals surface area contributed by atoms with Gasteiger partial charge in [-0.05, 0) is 44.9 Å². The molecule has 50 heavy (non-hydrogen) atoms. The van der Waals surface area contributed by atoms with Crippen LogP contribution in [0.4, 0.5) is 0 Å². The molecule has 9 heteroatoms. The Morgan fingerprint density at radius 1 is 0.680 bits per heavy atom. The fourth-order valence-corrected chi connectivity index (χ4v) is 6.11. The SMILES string of the molecule is CCCC/C=C/C(O)C(COC1OC(CO)C(O)C(O)C1O)NC(=O)CCCCCCCCCCCCC/C=C\C/C=C\CCCCCCC. The van der Waals surface area contributed by atoms with Crippen LogP contribution in [-0.2, 0) is 14.3 Å². The topological polar surface area (TPSA) is 149 Å². The standard InChI is InChI=1S/C41H75NO8/c1-3-5-7-9-10-11-12-13-14-15-16-17-18-19-20-21-22-23-24-25-26-27-29-31-37(45)42-34(35(44)30-28-8-6-4-2)33-49-41-40(48)39(47)38(46)36(32-43)50-41/h12-13,15-16,28,30,34-36,38-41,43-44,46-48H,3-11,14,17-27,29,31-33H2,1-2H3,(H,42,45)/b13-12-,16-15-,30-28+. The summed E-state index contributed by atoms with van der Waals surface area (Å²) in [5.74, 6) is -0.191. The van der Waals surface area contributed by atoms with E-state index in [9.17, 15) is 30.3 Å². The van der Waals surface area contributed by atoms with Crippen molar-refractivity contribution in [2.45, 2.75) is 204 Å². The van der Waals surface area contributed by atoms with Gasteiger partial charge in [0.15, 0.2) is 6.29 Å². The Labute approximate surface area is 304 Å². The first kappa shape index (κ1) is 46.4. The van der Waals surface area contributed by atoms with Crippen LogP contribution in [0.3, 0.4) is 0 Å². The second kappa shape index (κ2) is 32.1. The van der Waals surface area contributed by atoms with Crippen molar-refractivity contribution in [2.24, 2.45) is 0 Å². The number of aliphatic hydroxyl groups excluding tert-OH is 5. The normalized spacial score (nSPS) is 22.6. The van der Waals surface area contributed by atoms with Gasteiger partial charge in [-0.25, -0.2) is 0 Å². The fourth-order valence-electron chi connectivity index (χ4n) is 6.11. The van der Waals surface area contributed by atoms with Crippen LogP contribution < -0.4 is 5.32 Å². The van der Waals surface area contributed by atoms with Crippen LogP contribution in [0, 0.1) is 0 Å². The highest BCUT2D eigenvalue weighted by Crippen LogP contribution is 2.22. The van der Waals surface area contributed by atoms with Crippen molar-refractivity contribution in [3.63, 3.8) is 0 Å². The van der Waals surface area contributed by atoms with Gasteiger partial charge in [0.25, 0.3) is 0 Å². The molecule has 0 aromatic heterocycles. The summed E-state index contributed by atoms with van der Waals surface area (Å²) < 4.78 is 11.1. The number of aliphatic hydroxyl groups is 5. The molecule has 0 aromatic carbocycles. The van der Waals surface area contributed by atoms with Gasteiger partial charge in [0.05, 0.1) is 25.4 Å². The summed E-state index contributed by atoms with van der Waals surface area (Å²) in [5, 5.41) is 53.4. The van der Waals surface area contributed by atoms with E-state index < -0.39 is 49.5 Å². The lowest BCUT2D eigenvalue weighted by atomic mass is 9.99. The van der Waals surface area contributed by atoms with Gasteiger partial charge in [-0.15, -0.1) is 0 Å². The van der Waals surface area contributed by atoms with Gasteiger partial charge >= 0.3 is 0 Å². The Kier molecular flexibility index (Phi) is 29.8. The van der Waals surface area contributed by atoms with Crippen LogP contribution in [0.2, 0.25) is 0 Å². The Bertz CT molecular complexity index is 879. The Morgan fingerprint density at radius 3 is 1.76 bits per heavy atom. The third-order valence-corrected chi connectivity index (χ3v) is 9.46. The third-order valence-electron chi connectivity index (χ3n) is 9.46. The smallest absolute Gasteiger partial charge is 0.220 e. The van der Waals surface area contributed by atoms with Gasteiger partial charge in [-0.1, -0.05) is 147 Å². The minimum Gasteiger partial charge on any atom is -0.394 e. The molecule has 0 aromatic rings. The van der Waals surface area contributed by atoms with Gasteiger partial charge in [-0.3, -0.25) is 4.79 Å². The molecule has 1 saturated heterocycles. The monoisotopic (exact) mass is 710 g/mol. The van der Waals surface area contributed by atoms with E-state index >= 15 is 0 Å². The molecular weight excluding hydrogens is 634 g/mol. The number of unbranched alkanes of at least 4 members (excludes halogenated alkanes) is 18. The number of amides is 1. The Hall–Kier alpha value is -1.59. The maximum absolute atomic E-state index is 12.8. The van der Waals surface area contributed by atoms with Gasteiger partial charge in [0.2, 0.25) is 5.91 Å². The number of nitrogens with one attached hydrogen (secondary N) is 1. The summed E-state index contributed by atoms with van der Waals surface area (Å²) in [4.78, 5) is 12.8. The van der Waals surface area contributed by atoms with Crippen molar-refractivity contribution < 1.29 is 39.8 Å². The van der Waals surface area contributed by atoms with E-state index in [-0.39, 0.29) is 12.5 Å². The predicted octanol–water partition coefficient (Wildman–Crippen LogP) is 7.33. The molecule has 0 bridgehead atoms. The molecule has 1 fully saturated rings. The molecule has 0 aliphatic carbocycles. The van der Waals surface area contributed by atoms with E-state index in [0.29, 0.717) is 6.42 Å².